The number of benzene rings is 2. The molecule has 2 nitrogen and oxygen atoms in total. The third-order valence-electron chi connectivity index (χ3n) is 3.44. The molecule has 0 aliphatic rings. The Hall–Kier alpha value is -1.58. The van der Waals surface area contributed by atoms with Gasteiger partial charge in [-0.1, -0.05) is 17.7 Å². The molecule has 0 amide bonds. The molecule has 0 bridgehead atoms. The minimum Gasteiger partial charge on any atom is -0.492 e. The van der Waals surface area contributed by atoms with E-state index in [0.29, 0.717) is 11.6 Å². The number of hydrogen-bond acceptors (Lipinski definition) is 2. The second kappa shape index (κ2) is 7.43. The van der Waals surface area contributed by atoms with E-state index < -0.39 is 0 Å². The Kier molecular flexibility index (Phi) is 5.59. The topological polar surface area (TPSA) is 21.3 Å². The first-order valence-electron chi connectivity index (χ1n) is 6.89. The zero-order valence-corrected chi connectivity index (χ0v) is 13.0. The van der Waals surface area contributed by atoms with Crippen molar-refractivity contribution >= 4 is 11.6 Å². The van der Waals surface area contributed by atoms with Crippen LogP contribution in [0.2, 0.25) is 5.02 Å². The lowest BCUT2D eigenvalue weighted by Crippen LogP contribution is -2.34. The predicted molar refractivity (Wildman–Crippen MR) is 84.6 cm³/mol. The Morgan fingerprint density at radius 1 is 1.19 bits per heavy atom. The molecule has 0 heterocycles. The highest BCUT2D eigenvalue weighted by Gasteiger charge is 2.10. The fourth-order valence-electron chi connectivity index (χ4n) is 2.13. The maximum atomic E-state index is 13.1. The smallest absolute Gasteiger partial charge is 0.123 e. The molecule has 0 saturated carbocycles. The molecule has 0 fully saturated rings. The van der Waals surface area contributed by atoms with E-state index >= 15 is 0 Å². The van der Waals surface area contributed by atoms with Crippen LogP contribution in [0.25, 0.3) is 0 Å². The maximum Gasteiger partial charge on any atom is 0.123 e. The van der Waals surface area contributed by atoms with Crippen molar-refractivity contribution in [2.24, 2.45) is 0 Å². The fourth-order valence-corrected chi connectivity index (χ4v) is 2.25. The van der Waals surface area contributed by atoms with Crippen molar-refractivity contribution in [2.75, 3.05) is 13.7 Å². The summed E-state index contributed by atoms with van der Waals surface area (Å²) >= 11 is 5.84. The summed E-state index contributed by atoms with van der Waals surface area (Å²) in [4.78, 5) is 0. The van der Waals surface area contributed by atoms with Crippen LogP contribution in [0.5, 0.6) is 5.75 Å². The van der Waals surface area contributed by atoms with Gasteiger partial charge in [0.15, 0.2) is 0 Å². The predicted octanol–water partition coefficient (Wildman–Crippen LogP) is 4.00. The van der Waals surface area contributed by atoms with Gasteiger partial charge in [0.1, 0.15) is 18.2 Å². The molecule has 0 radical (unpaired) electrons. The Bertz CT molecular complexity index is 586. The summed E-state index contributed by atoms with van der Waals surface area (Å²) in [5.41, 5.74) is 2.08. The van der Waals surface area contributed by atoms with Crippen LogP contribution >= 0.6 is 11.6 Å². The van der Waals surface area contributed by atoms with E-state index in [9.17, 15) is 4.39 Å². The first kappa shape index (κ1) is 15.8. The van der Waals surface area contributed by atoms with E-state index in [4.69, 9.17) is 16.3 Å². The highest BCUT2D eigenvalue weighted by molar-refractivity contribution is 6.30. The van der Waals surface area contributed by atoms with E-state index in [1.165, 1.54) is 6.07 Å². The van der Waals surface area contributed by atoms with Crippen LogP contribution in [0.4, 0.5) is 4.39 Å². The van der Waals surface area contributed by atoms with Gasteiger partial charge >= 0.3 is 0 Å². The highest BCUT2D eigenvalue weighted by Crippen LogP contribution is 2.17. The van der Waals surface area contributed by atoms with E-state index in [1.807, 2.05) is 32.2 Å². The first-order valence-corrected chi connectivity index (χ1v) is 7.27. The van der Waals surface area contributed by atoms with E-state index in [1.54, 1.807) is 18.2 Å². The lowest BCUT2D eigenvalue weighted by atomic mass is 10.0. The number of nitrogens with one attached hydrogen (secondary N) is 1. The van der Waals surface area contributed by atoms with Crippen molar-refractivity contribution in [3.05, 3.63) is 64.4 Å². The number of hydrogen-bond donors (Lipinski definition) is 1. The molecule has 2 aromatic rings. The number of likely N-dealkylation sites (N-methyl/N-ethyl adjacent to an activating group) is 1. The molecule has 0 aromatic heterocycles. The van der Waals surface area contributed by atoms with Crippen molar-refractivity contribution < 1.29 is 9.13 Å². The van der Waals surface area contributed by atoms with Gasteiger partial charge in [0.2, 0.25) is 0 Å². The van der Waals surface area contributed by atoms with Gasteiger partial charge in [-0.05, 0) is 67.9 Å². The molecule has 2 aromatic carbocycles. The van der Waals surface area contributed by atoms with Crippen LogP contribution in [0.15, 0.2) is 42.5 Å². The zero-order valence-electron chi connectivity index (χ0n) is 12.2. The SMILES string of the molecule is CNC(COc1ccc(Cl)cc1)Cc1ccc(F)cc1C. The molecule has 1 N–H and O–H groups in total. The van der Waals surface area contributed by atoms with Gasteiger partial charge in [0.25, 0.3) is 0 Å². The molecule has 0 saturated heterocycles. The molecule has 112 valence electrons. The van der Waals surface area contributed by atoms with Gasteiger partial charge in [-0.3, -0.25) is 0 Å². The summed E-state index contributed by atoms with van der Waals surface area (Å²) in [6.45, 7) is 2.46. The molecule has 21 heavy (non-hydrogen) atoms. The lowest BCUT2D eigenvalue weighted by molar-refractivity contribution is 0.269. The molecule has 0 aliphatic carbocycles. The summed E-state index contributed by atoms with van der Waals surface area (Å²) in [5, 5.41) is 3.92. The third-order valence-corrected chi connectivity index (χ3v) is 3.70. The number of rotatable bonds is 6. The molecule has 1 unspecified atom stereocenters. The molecule has 0 spiro atoms. The standard InChI is InChI=1S/C17H19ClFNO/c1-12-9-15(19)6-3-13(12)10-16(20-2)11-21-17-7-4-14(18)5-8-17/h3-9,16,20H,10-11H2,1-2H3. The summed E-state index contributed by atoms with van der Waals surface area (Å²) < 4.78 is 18.9. The van der Waals surface area contributed by atoms with Crippen LogP contribution in [-0.4, -0.2) is 19.7 Å². The van der Waals surface area contributed by atoms with Crippen molar-refractivity contribution in [1.82, 2.24) is 5.32 Å². The quantitative estimate of drug-likeness (QED) is 0.871. The first-order chi connectivity index (χ1) is 10.1. The van der Waals surface area contributed by atoms with Crippen LogP contribution in [0, 0.1) is 12.7 Å². The van der Waals surface area contributed by atoms with Crippen molar-refractivity contribution in [3.8, 4) is 5.75 Å². The van der Waals surface area contributed by atoms with Crippen LogP contribution in [0.1, 0.15) is 11.1 Å². The lowest BCUT2D eigenvalue weighted by Gasteiger charge is -2.18. The van der Waals surface area contributed by atoms with Crippen LogP contribution in [-0.2, 0) is 6.42 Å². The number of aryl methyl sites for hydroxylation is 1. The van der Waals surface area contributed by atoms with E-state index in [-0.39, 0.29) is 11.9 Å². The van der Waals surface area contributed by atoms with Gasteiger partial charge in [-0.15, -0.1) is 0 Å². The molecule has 1 atom stereocenters. The van der Waals surface area contributed by atoms with E-state index in [2.05, 4.69) is 5.32 Å². The van der Waals surface area contributed by atoms with Gasteiger partial charge in [-0.2, -0.15) is 0 Å². The second-order valence-corrected chi connectivity index (χ2v) is 5.46. The van der Waals surface area contributed by atoms with Crippen molar-refractivity contribution in [3.63, 3.8) is 0 Å². The van der Waals surface area contributed by atoms with Gasteiger partial charge in [-0.25, -0.2) is 4.39 Å². The largest absolute Gasteiger partial charge is 0.492 e. The minimum atomic E-state index is -0.199. The zero-order chi connectivity index (χ0) is 15.2. The molecule has 2 rings (SSSR count). The average molecular weight is 308 g/mol. The fraction of sp³-hybridized carbons (Fsp3) is 0.294. The number of halogens is 2. The summed E-state index contributed by atoms with van der Waals surface area (Å²) in [5.74, 6) is 0.588. The minimum absolute atomic E-state index is 0.157. The third kappa shape index (κ3) is 4.73. The Morgan fingerprint density at radius 2 is 1.90 bits per heavy atom. The Balaban J connectivity index is 1.95. The van der Waals surface area contributed by atoms with Crippen molar-refractivity contribution in [1.29, 1.82) is 0 Å². The Morgan fingerprint density at radius 3 is 2.52 bits per heavy atom. The normalized spacial score (nSPS) is 12.2. The van der Waals surface area contributed by atoms with Gasteiger partial charge < -0.3 is 10.1 Å². The second-order valence-electron chi connectivity index (χ2n) is 5.03. The van der Waals surface area contributed by atoms with Crippen LogP contribution < -0.4 is 10.1 Å². The number of ether oxygens (including phenoxy) is 1. The molecular formula is C17H19ClFNO. The highest BCUT2D eigenvalue weighted by atomic mass is 35.5. The molecule has 4 heteroatoms. The Labute approximate surface area is 129 Å². The maximum absolute atomic E-state index is 13.1. The monoisotopic (exact) mass is 307 g/mol. The van der Waals surface area contributed by atoms with E-state index in [0.717, 1.165) is 23.3 Å². The summed E-state index contributed by atoms with van der Waals surface area (Å²) in [7, 11) is 1.90. The molecular weight excluding hydrogens is 289 g/mol. The molecule has 0 aliphatic heterocycles. The summed E-state index contributed by atoms with van der Waals surface area (Å²) in [6.07, 6.45) is 0.788. The van der Waals surface area contributed by atoms with Gasteiger partial charge in [0, 0.05) is 11.1 Å². The summed E-state index contributed by atoms with van der Waals surface area (Å²) in [6, 6.07) is 12.3. The van der Waals surface area contributed by atoms with Gasteiger partial charge in [0.05, 0.1) is 0 Å². The van der Waals surface area contributed by atoms with Crippen molar-refractivity contribution in [2.45, 2.75) is 19.4 Å². The van der Waals surface area contributed by atoms with Crippen LogP contribution in [0.3, 0.4) is 0 Å². The average Bonchev–Trinajstić information content (AvgIpc) is 2.47.